The van der Waals surface area contributed by atoms with Gasteiger partial charge >= 0.3 is 12.1 Å². The molecule has 0 aliphatic carbocycles. The molecule has 2 aromatic carbocycles. The second kappa shape index (κ2) is 14.3. The average molecular weight is 475 g/mol. The van der Waals surface area contributed by atoms with Gasteiger partial charge in [-0.2, -0.15) is 13.2 Å². The third kappa shape index (κ3) is 10.3. The Morgan fingerprint density at radius 1 is 0.912 bits per heavy atom. The molecule has 2 aromatic rings. The van der Waals surface area contributed by atoms with Crippen LogP contribution >= 0.6 is 0 Å². The molecule has 2 rings (SSSR count). The van der Waals surface area contributed by atoms with Crippen molar-refractivity contribution < 1.29 is 27.8 Å². The van der Waals surface area contributed by atoms with Gasteiger partial charge in [-0.05, 0) is 59.5 Å². The highest BCUT2D eigenvalue weighted by Gasteiger charge is 2.30. The zero-order chi connectivity index (χ0) is 24.8. The monoisotopic (exact) mass is 474 g/mol. The normalized spacial score (nSPS) is 12.3. The zero-order valence-electron chi connectivity index (χ0n) is 19.6. The Labute approximate surface area is 200 Å². The van der Waals surface area contributed by atoms with Crippen LogP contribution in [0, 0.1) is 0 Å². The van der Waals surface area contributed by atoms with Crippen molar-refractivity contribution in [1.82, 2.24) is 0 Å². The van der Waals surface area contributed by atoms with E-state index in [2.05, 4.69) is 6.92 Å². The summed E-state index contributed by atoms with van der Waals surface area (Å²) in [6.45, 7) is 2.81. The lowest BCUT2D eigenvalue weighted by atomic mass is 10.00. The summed E-state index contributed by atoms with van der Waals surface area (Å²) in [6, 6.07) is 12.1. The summed E-state index contributed by atoms with van der Waals surface area (Å²) in [5.74, 6) is -0.511. The molecule has 0 unspecified atom stereocenters. The van der Waals surface area contributed by atoms with Crippen molar-refractivity contribution in [2.24, 2.45) is 0 Å². The molecule has 1 N–H and O–H groups in total. The number of aliphatic carboxylic acids is 1. The van der Waals surface area contributed by atoms with Crippen LogP contribution in [-0.2, 0) is 11.0 Å². The fourth-order valence-corrected chi connectivity index (χ4v) is 3.56. The summed E-state index contributed by atoms with van der Waals surface area (Å²) in [6.07, 6.45) is 9.05. The van der Waals surface area contributed by atoms with Crippen molar-refractivity contribution in [3.8, 4) is 5.75 Å². The molecule has 0 radical (unpaired) electrons. The molecule has 0 bridgehead atoms. The molecule has 0 aliphatic rings. The van der Waals surface area contributed by atoms with E-state index in [1.54, 1.807) is 24.3 Å². The molecule has 0 spiro atoms. The van der Waals surface area contributed by atoms with Crippen LogP contribution < -0.4 is 4.74 Å². The summed E-state index contributed by atoms with van der Waals surface area (Å²) in [5, 5.41) is 9.00. The number of carboxylic acid groups (broad SMARTS) is 1. The molecule has 6 heteroatoms. The van der Waals surface area contributed by atoms with E-state index in [1.165, 1.54) is 56.7 Å². The molecule has 0 aromatic heterocycles. The van der Waals surface area contributed by atoms with Crippen molar-refractivity contribution in [1.29, 1.82) is 0 Å². The van der Waals surface area contributed by atoms with E-state index < -0.39 is 17.7 Å². The quantitative estimate of drug-likeness (QED) is 0.129. The minimum Gasteiger partial charge on any atom is -0.494 e. The SMILES string of the molecule is CCCCCCCCCCOc1cccc(C=C(C=CC(=O)O)c2cccc(C(F)(F)F)c2)c1. The first-order valence-corrected chi connectivity index (χ1v) is 11.8. The second-order valence-corrected chi connectivity index (χ2v) is 8.25. The molecular formula is C28H33F3O3. The Kier molecular flexibility index (Phi) is 11.4. The van der Waals surface area contributed by atoms with E-state index >= 15 is 0 Å². The van der Waals surface area contributed by atoms with E-state index in [0.29, 0.717) is 23.5 Å². The Hall–Kier alpha value is -3.02. The maximum absolute atomic E-state index is 13.1. The fourth-order valence-electron chi connectivity index (χ4n) is 3.56. The van der Waals surface area contributed by atoms with Crippen LogP contribution in [0.1, 0.15) is 75.0 Å². The van der Waals surface area contributed by atoms with E-state index in [9.17, 15) is 18.0 Å². The Bertz CT molecular complexity index is 961. The van der Waals surface area contributed by atoms with Crippen LogP contribution in [0.5, 0.6) is 5.75 Å². The number of allylic oxidation sites excluding steroid dienone is 2. The van der Waals surface area contributed by atoms with Crippen LogP contribution in [0.15, 0.2) is 60.7 Å². The first kappa shape index (κ1) is 27.2. The van der Waals surface area contributed by atoms with Crippen molar-refractivity contribution in [3.05, 3.63) is 77.4 Å². The van der Waals surface area contributed by atoms with E-state index in [-0.39, 0.29) is 5.56 Å². The number of carboxylic acids is 1. The number of unbranched alkanes of at least 4 members (excludes halogenated alkanes) is 7. The fraction of sp³-hybridized carbons (Fsp3) is 0.393. The maximum atomic E-state index is 13.1. The van der Waals surface area contributed by atoms with Gasteiger partial charge < -0.3 is 9.84 Å². The van der Waals surface area contributed by atoms with Gasteiger partial charge in [-0.1, -0.05) is 76.1 Å². The Morgan fingerprint density at radius 3 is 2.26 bits per heavy atom. The van der Waals surface area contributed by atoms with Gasteiger partial charge in [0.25, 0.3) is 0 Å². The number of carbonyl (C=O) groups is 1. The lowest BCUT2D eigenvalue weighted by Gasteiger charge is -2.10. The largest absolute Gasteiger partial charge is 0.494 e. The second-order valence-electron chi connectivity index (χ2n) is 8.25. The van der Waals surface area contributed by atoms with Crippen molar-refractivity contribution in [2.75, 3.05) is 6.61 Å². The molecule has 0 atom stereocenters. The van der Waals surface area contributed by atoms with E-state index in [1.807, 2.05) is 6.07 Å². The van der Waals surface area contributed by atoms with E-state index in [4.69, 9.17) is 9.84 Å². The molecule has 0 fully saturated rings. The predicted molar refractivity (Wildman–Crippen MR) is 131 cm³/mol. The number of benzene rings is 2. The molecule has 34 heavy (non-hydrogen) atoms. The third-order valence-corrected chi connectivity index (χ3v) is 5.38. The topological polar surface area (TPSA) is 46.5 Å². The Morgan fingerprint density at radius 2 is 1.59 bits per heavy atom. The smallest absolute Gasteiger partial charge is 0.416 e. The summed E-state index contributed by atoms with van der Waals surface area (Å²) in [4.78, 5) is 11.0. The van der Waals surface area contributed by atoms with Gasteiger partial charge in [0.1, 0.15) is 5.75 Å². The van der Waals surface area contributed by atoms with Crippen LogP contribution in [0.4, 0.5) is 13.2 Å². The highest BCUT2D eigenvalue weighted by Crippen LogP contribution is 2.32. The van der Waals surface area contributed by atoms with Gasteiger partial charge in [-0.25, -0.2) is 4.79 Å². The van der Waals surface area contributed by atoms with Gasteiger partial charge in [-0.3, -0.25) is 0 Å². The Balaban J connectivity index is 2.06. The summed E-state index contributed by atoms with van der Waals surface area (Å²) >= 11 is 0. The zero-order valence-corrected chi connectivity index (χ0v) is 19.6. The summed E-state index contributed by atoms with van der Waals surface area (Å²) in [7, 11) is 0. The summed E-state index contributed by atoms with van der Waals surface area (Å²) < 4.78 is 45.3. The number of alkyl halides is 3. The molecule has 0 amide bonds. The van der Waals surface area contributed by atoms with Gasteiger partial charge in [0, 0.05) is 6.08 Å². The standard InChI is InChI=1S/C28H33F3O3/c1-2-3-4-5-6-7-8-9-18-34-26-15-10-12-22(20-26)19-24(16-17-27(32)33)23-13-11-14-25(21-23)28(29,30)31/h10-17,19-21H,2-9,18H2,1H3,(H,32,33). The number of hydrogen-bond acceptors (Lipinski definition) is 2. The van der Waals surface area contributed by atoms with Gasteiger partial charge in [0.05, 0.1) is 12.2 Å². The summed E-state index contributed by atoms with van der Waals surface area (Å²) in [5.41, 5.74) is 0.546. The molecule has 0 saturated carbocycles. The minimum absolute atomic E-state index is 0.276. The number of ether oxygens (including phenoxy) is 1. The predicted octanol–water partition coefficient (Wildman–Crippen LogP) is 8.41. The lowest BCUT2D eigenvalue weighted by Crippen LogP contribution is -2.05. The third-order valence-electron chi connectivity index (χ3n) is 5.38. The lowest BCUT2D eigenvalue weighted by molar-refractivity contribution is -0.137. The average Bonchev–Trinajstić information content (AvgIpc) is 2.80. The number of halogens is 3. The highest BCUT2D eigenvalue weighted by atomic mass is 19.4. The van der Waals surface area contributed by atoms with Crippen LogP contribution in [0.2, 0.25) is 0 Å². The minimum atomic E-state index is -4.49. The maximum Gasteiger partial charge on any atom is 0.416 e. The molecule has 0 heterocycles. The number of rotatable bonds is 14. The van der Waals surface area contributed by atoms with Crippen LogP contribution in [-0.4, -0.2) is 17.7 Å². The first-order chi connectivity index (χ1) is 16.3. The van der Waals surface area contributed by atoms with Crippen molar-refractivity contribution in [3.63, 3.8) is 0 Å². The molecule has 0 saturated heterocycles. The molecule has 184 valence electrons. The van der Waals surface area contributed by atoms with Crippen LogP contribution in [0.25, 0.3) is 11.6 Å². The van der Waals surface area contributed by atoms with Gasteiger partial charge in [0.2, 0.25) is 0 Å². The highest BCUT2D eigenvalue weighted by molar-refractivity contribution is 5.92. The molecule has 0 aliphatic heterocycles. The number of hydrogen-bond donors (Lipinski definition) is 1. The molecular weight excluding hydrogens is 441 g/mol. The molecule has 3 nitrogen and oxygen atoms in total. The first-order valence-electron chi connectivity index (χ1n) is 11.8. The van der Waals surface area contributed by atoms with Crippen molar-refractivity contribution >= 4 is 17.6 Å². The van der Waals surface area contributed by atoms with E-state index in [0.717, 1.165) is 31.1 Å². The van der Waals surface area contributed by atoms with Gasteiger partial charge in [0.15, 0.2) is 0 Å². The van der Waals surface area contributed by atoms with Crippen LogP contribution in [0.3, 0.4) is 0 Å². The van der Waals surface area contributed by atoms with Gasteiger partial charge in [-0.15, -0.1) is 0 Å². The van der Waals surface area contributed by atoms with Crippen molar-refractivity contribution in [2.45, 2.75) is 64.5 Å².